The van der Waals surface area contributed by atoms with Crippen molar-refractivity contribution in [2.75, 3.05) is 54.2 Å². The number of methoxy groups -OCH3 is 5. The van der Waals surface area contributed by atoms with Crippen LogP contribution in [-0.4, -0.2) is 85.6 Å². The first-order valence-corrected chi connectivity index (χ1v) is 16.2. The number of carbonyl (C=O) groups is 2. The largest absolute Gasteiger partial charge is 0.497 e. The van der Waals surface area contributed by atoms with Crippen molar-refractivity contribution in [2.24, 2.45) is 7.05 Å². The number of nitrogens with zero attached hydrogens (tertiary/aromatic N) is 5. The van der Waals surface area contributed by atoms with Crippen LogP contribution in [0.25, 0.3) is 22.2 Å². The summed E-state index contributed by atoms with van der Waals surface area (Å²) in [5, 5.41) is 4.24. The second kappa shape index (κ2) is 18.7. The number of hydrogen-bond donors (Lipinski definition) is 1. The third-order valence-corrected chi connectivity index (χ3v) is 7.62. The lowest BCUT2D eigenvalue weighted by Crippen LogP contribution is -2.20. The van der Waals surface area contributed by atoms with E-state index >= 15 is 0 Å². The molecule has 0 amide bonds. The van der Waals surface area contributed by atoms with Crippen LogP contribution in [0.15, 0.2) is 64.8 Å². The number of anilines is 1. The number of aromatic nitrogens is 5. The lowest BCUT2D eigenvalue weighted by Gasteiger charge is -2.11. The molecule has 14 nitrogen and oxygen atoms in total. The van der Waals surface area contributed by atoms with Gasteiger partial charge in [0.2, 0.25) is 0 Å². The zero-order chi connectivity index (χ0) is 36.8. The van der Waals surface area contributed by atoms with Gasteiger partial charge in [-0.05, 0) is 54.6 Å². The van der Waals surface area contributed by atoms with E-state index in [0.29, 0.717) is 56.6 Å². The van der Waals surface area contributed by atoms with Crippen LogP contribution in [-0.2, 0) is 23.0 Å². The molecule has 0 unspecified atom stereocenters. The molecule has 0 fully saturated rings. The van der Waals surface area contributed by atoms with E-state index in [1.807, 2.05) is 18.4 Å². The van der Waals surface area contributed by atoms with Crippen molar-refractivity contribution in [2.45, 2.75) is 18.5 Å². The summed E-state index contributed by atoms with van der Waals surface area (Å²) in [6, 6.07) is 12.5. The van der Waals surface area contributed by atoms with Gasteiger partial charge in [0.05, 0.1) is 47.5 Å². The van der Waals surface area contributed by atoms with Gasteiger partial charge in [0, 0.05) is 49.6 Å². The monoisotopic (exact) mass is 704 g/mol. The number of thioether (sulfide) groups is 1. The predicted octanol–water partition coefficient (Wildman–Crippen LogP) is 4.79. The van der Waals surface area contributed by atoms with Crippen molar-refractivity contribution in [1.82, 2.24) is 24.5 Å². The molecule has 5 aromatic rings. The molecule has 15 heteroatoms. The van der Waals surface area contributed by atoms with Crippen LogP contribution < -0.4 is 29.8 Å². The maximum absolute atomic E-state index is 12.8. The van der Waals surface area contributed by atoms with Gasteiger partial charge in [-0.3, -0.25) is 19.0 Å². The molecule has 0 aliphatic carbocycles. The van der Waals surface area contributed by atoms with Crippen molar-refractivity contribution in [3.63, 3.8) is 0 Å². The van der Waals surface area contributed by atoms with Crippen LogP contribution in [0.5, 0.6) is 23.0 Å². The maximum Gasteiger partial charge on any atom is 0.309 e. The minimum atomic E-state index is -0.287. The molecule has 0 bridgehead atoms. The number of fused-ring (bicyclic) bond motifs is 1. The molecule has 264 valence electrons. The molecular weight excluding hydrogens is 664 g/mol. The number of benzene rings is 2. The molecule has 0 atom stereocenters. The Bertz CT molecular complexity index is 1960. The number of ether oxygens (including phenoxy) is 5. The Morgan fingerprint density at radius 2 is 1.44 bits per heavy atom. The zero-order valence-electron chi connectivity index (χ0n) is 29.4. The van der Waals surface area contributed by atoms with Gasteiger partial charge < -0.3 is 29.0 Å². The van der Waals surface area contributed by atoms with E-state index in [1.165, 1.54) is 29.6 Å². The Morgan fingerprint density at radius 1 is 0.860 bits per heavy atom. The highest BCUT2D eigenvalue weighted by Crippen LogP contribution is 2.29. The maximum atomic E-state index is 12.8. The smallest absolute Gasteiger partial charge is 0.309 e. The first-order valence-electron chi connectivity index (χ1n) is 14.9. The van der Waals surface area contributed by atoms with Crippen molar-refractivity contribution in [3.8, 4) is 34.1 Å². The van der Waals surface area contributed by atoms with Gasteiger partial charge in [-0.1, -0.05) is 11.8 Å². The first kappa shape index (κ1) is 38.7. The Balaban J connectivity index is 0.000000222. The number of aryl methyl sites for hydroxylation is 2. The van der Waals surface area contributed by atoms with Crippen LogP contribution in [0.2, 0.25) is 0 Å². The minimum absolute atomic E-state index is 0.136. The fourth-order valence-corrected chi connectivity index (χ4v) is 4.81. The molecule has 0 spiro atoms. The van der Waals surface area contributed by atoms with Gasteiger partial charge in [-0.2, -0.15) is 0 Å². The van der Waals surface area contributed by atoms with Crippen LogP contribution in [0.3, 0.4) is 0 Å². The molecular formula is C35H40N6O8S. The molecule has 0 saturated carbocycles. The van der Waals surface area contributed by atoms with E-state index in [9.17, 15) is 14.4 Å². The minimum Gasteiger partial charge on any atom is -0.497 e. The fourth-order valence-electron chi connectivity index (χ4n) is 4.47. The van der Waals surface area contributed by atoms with Crippen LogP contribution in [0, 0.1) is 6.92 Å². The van der Waals surface area contributed by atoms with Gasteiger partial charge in [-0.15, -0.1) is 0 Å². The lowest BCUT2D eigenvalue weighted by atomic mass is 10.1. The van der Waals surface area contributed by atoms with E-state index in [1.54, 1.807) is 86.0 Å². The number of nitrogens with one attached hydrogen (secondary N) is 1. The summed E-state index contributed by atoms with van der Waals surface area (Å²) in [5.41, 5.74) is 3.03. The highest BCUT2D eigenvalue weighted by molar-refractivity contribution is 7.98. The average molecular weight is 705 g/mol. The Hall–Kier alpha value is -5.70. The molecule has 0 radical (unpaired) electrons. The van der Waals surface area contributed by atoms with Crippen molar-refractivity contribution < 1.29 is 33.3 Å². The Labute approximate surface area is 294 Å². The molecule has 50 heavy (non-hydrogen) atoms. The second-order valence-electron chi connectivity index (χ2n) is 10.2. The quantitative estimate of drug-likeness (QED) is 0.0912. The average Bonchev–Trinajstić information content (AvgIpc) is 3.15. The van der Waals surface area contributed by atoms with E-state index in [4.69, 9.17) is 18.9 Å². The topological polar surface area (TPSA) is 166 Å². The summed E-state index contributed by atoms with van der Waals surface area (Å²) in [4.78, 5) is 50.8. The highest BCUT2D eigenvalue weighted by atomic mass is 32.2. The molecule has 1 N–H and O–H groups in total. The molecule has 0 aliphatic rings. The summed E-state index contributed by atoms with van der Waals surface area (Å²) < 4.78 is 26.9. The summed E-state index contributed by atoms with van der Waals surface area (Å²) in [5.74, 6) is 3.51. The number of hydrogen-bond acceptors (Lipinski definition) is 14. The molecule has 5 rings (SSSR count). The van der Waals surface area contributed by atoms with E-state index in [2.05, 4.69) is 30.0 Å². The summed E-state index contributed by atoms with van der Waals surface area (Å²) >= 11 is 1.44. The SMILES string of the molecule is CNc1nc(C)ncc1C=O.COC(=O)Cc1cc(OC)cc(OC)c1.COc1cc(OC)cc(-c2cc3cnc(SC)nc3n(C)c2=O)c1. The summed E-state index contributed by atoms with van der Waals surface area (Å²) in [6.45, 7) is 1.77. The highest BCUT2D eigenvalue weighted by Gasteiger charge is 2.13. The van der Waals surface area contributed by atoms with E-state index in [-0.39, 0.29) is 17.9 Å². The Morgan fingerprint density at radius 3 is 1.94 bits per heavy atom. The van der Waals surface area contributed by atoms with Crippen LogP contribution in [0.1, 0.15) is 21.7 Å². The predicted molar refractivity (Wildman–Crippen MR) is 192 cm³/mol. The standard InChI is InChI=1S/C17H17N3O3S.C11H14O4.C7H9N3O/c1-20-15-11(9-18-17(19-15)24-4)7-14(16(20)21)10-5-12(22-2)8-13(6-10)23-3;1-13-9-4-8(6-11(12)15-3)5-10(7-9)14-2;1-5-9-3-6(4-11)7(8-2)10-5/h5-9H,1-4H3;4-5,7H,6H2,1-3H3;3-4H,1-2H3,(H,8,9,10). The normalized spacial score (nSPS) is 10.1. The van der Waals surface area contributed by atoms with Gasteiger partial charge in [0.15, 0.2) is 11.4 Å². The number of rotatable bonds is 10. The molecule has 3 heterocycles. The first-order chi connectivity index (χ1) is 24.0. The van der Waals surface area contributed by atoms with E-state index < -0.39 is 0 Å². The fraction of sp³-hybridized carbons (Fsp3) is 0.286. The van der Waals surface area contributed by atoms with Gasteiger partial charge in [0.25, 0.3) is 5.56 Å². The van der Waals surface area contributed by atoms with Gasteiger partial charge >= 0.3 is 5.97 Å². The number of pyridine rings is 1. The lowest BCUT2D eigenvalue weighted by molar-refractivity contribution is -0.139. The van der Waals surface area contributed by atoms with Crippen molar-refractivity contribution in [1.29, 1.82) is 0 Å². The summed E-state index contributed by atoms with van der Waals surface area (Å²) in [6.07, 6.45) is 6.07. The van der Waals surface area contributed by atoms with E-state index in [0.717, 1.165) is 22.8 Å². The Kier molecular flexibility index (Phi) is 14.5. The van der Waals surface area contributed by atoms with Crippen LogP contribution in [0.4, 0.5) is 5.82 Å². The second-order valence-corrected chi connectivity index (χ2v) is 11.0. The van der Waals surface area contributed by atoms with Crippen molar-refractivity contribution in [3.05, 3.63) is 82.2 Å². The molecule has 3 aromatic heterocycles. The molecule has 0 aliphatic heterocycles. The molecule has 2 aromatic carbocycles. The number of carbonyl (C=O) groups excluding carboxylic acids is 2. The van der Waals surface area contributed by atoms with Gasteiger partial charge in [0.1, 0.15) is 40.3 Å². The number of esters is 1. The van der Waals surface area contributed by atoms with Crippen molar-refractivity contribution >= 4 is 40.9 Å². The van der Waals surface area contributed by atoms with Crippen LogP contribution >= 0.6 is 11.8 Å². The third kappa shape index (κ3) is 10.2. The molecule has 0 saturated heterocycles. The zero-order valence-corrected chi connectivity index (χ0v) is 30.2. The third-order valence-electron chi connectivity index (χ3n) is 7.06. The number of aldehydes is 1. The van der Waals surface area contributed by atoms with Gasteiger partial charge in [-0.25, -0.2) is 19.9 Å². The summed E-state index contributed by atoms with van der Waals surface area (Å²) in [7, 11) is 11.1.